The molecule has 1 aromatic carbocycles. The topological polar surface area (TPSA) is 36.8 Å². The Balaban J connectivity index is 1.94. The fraction of sp³-hybridized carbons (Fsp3) is 0.273. The summed E-state index contributed by atoms with van der Waals surface area (Å²) in [6, 6.07) is 5.13. The molecule has 1 aliphatic rings. The average Bonchev–Trinajstić information content (AvgIpc) is 2.37. The first-order chi connectivity index (χ1) is 8.55. The second-order valence-corrected chi connectivity index (χ2v) is 4.57. The SMILES string of the molecule is FC(F)(F)c1ccc(CSC2=CNCN=N2)cc1. The summed E-state index contributed by atoms with van der Waals surface area (Å²) in [5.41, 5.74) is 0.184. The van der Waals surface area contributed by atoms with Crippen molar-refractivity contribution in [1.82, 2.24) is 5.32 Å². The third kappa shape index (κ3) is 3.49. The normalized spacial score (nSPS) is 15.2. The van der Waals surface area contributed by atoms with Gasteiger partial charge in [-0.2, -0.15) is 18.3 Å². The van der Waals surface area contributed by atoms with Gasteiger partial charge in [0.05, 0.1) is 5.56 Å². The van der Waals surface area contributed by atoms with Crippen molar-refractivity contribution in [2.75, 3.05) is 6.67 Å². The summed E-state index contributed by atoms with van der Waals surface area (Å²) < 4.78 is 37.0. The molecule has 1 N–H and O–H groups in total. The smallest absolute Gasteiger partial charge is 0.369 e. The Labute approximate surface area is 106 Å². The first-order valence-corrected chi connectivity index (χ1v) is 6.14. The van der Waals surface area contributed by atoms with Gasteiger partial charge in [0.15, 0.2) is 0 Å². The third-order valence-corrected chi connectivity index (χ3v) is 3.20. The Kier molecular flexibility index (Phi) is 3.90. The fourth-order valence-electron chi connectivity index (χ4n) is 1.33. The number of halogens is 3. The van der Waals surface area contributed by atoms with Gasteiger partial charge in [-0.1, -0.05) is 23.9 Å². The zero-order valence-electron chi connectivity index (χ0n) is 9.24. The summed E-state index contributed by atoms with van der Waals surface area (Å²) in [7, 11) is 0. The molecular formula is C11H10F3N3S. The number of azo groups is 1. The van der Waals surface area contributed by atoms with Gasteiger partial charge in [-0.3, -0.25) is 0 Å². The molecule has 3 nitrogen and oxygen atoms in total. The predicted molar refractivity (Wildman–Crippen MR) is 63.7 cm³/mol. The second-order valence-electron chi connectivity index (χ2n) is 3.57. The molecule has 0 radical (unpaired) electrons. The van der Waals surface area contributed by atoms with E-state index < -0.39 is 11.7 Å². The number of benzene rings is 1. The van der Waals surface area contributed by atoms with Gasteiger partial charge in [0.1, 0.15) is 11.7 Å². The summed E-state index contributed by atoms with van der Waals surface area (Å²) in [4.78, 5) is 0. The molecule has 0 fully saturated rings. The van der Waals surface area contributed by atoms with Crippen LogP contribution in [0.25, 0.3) is 0 Å². The van der Waals surface area contributed by atoms with Crippen LogP contribution in [0.4, 0.5) is 13.2 Å². The third-order valence-electron chi connectivity index (χ3n) is 2.22. The lowest BCUT2D eigenvalue weighted by Gasteiger charge is -2.08. The molecule has 0 unspecified atom stereocenters. The molecule has 0 saturated carbocycles. The second kappa shape index (κ2) is 5.43. The van der Waals surface area contributed by atoms with E-state index in [1.807, 2.05) is 0 Å². The number of hydrogen-bond donors (Lipinski definition) is 1. The van der Waals surface area contributed by atoms with Crippen LogP contribution in [0.15, 0.2) is 45.7 Å². The molecular weight excluding hydrogens is 263 g/mol. The van der Waals surface area contributed by atoms with Crippen LogP contribution in [-0.4, -0.2) is 6.67 Å². The minimum absolute atomic E-state index is 0.463. The minimum atomic E-state index is -4.28. The molecule has 0 bridgehead atoms. The molecule has 2 rings (SSSR count). The van der Waals surface area contributed by atoms with E-state index in [0.717, 1.165) is 22.7 Å². The largest absolute Gasteiger partial charge is 0.416 e. The molecule has 0 amide bonds. The van der Waals surface area contributed by atoms with Crippen LogP contribution in [0.1, 0.15) is 11.1 Å². The number of rotatable bonds is 3. The summed E-state index contributed by atoms with van der Waals surface area (Å²) in [5.74, 6) is 0.560. The van der Waals surface area contributed by atoms with Gasteiger partial charge in [0, 0.05) is 12.0 Å². The molecule has 96 valence electrons. The summed E-state index contributed by atoms with van der Waals surface area (Å²) in [5, 5.41) is 11.3. The Morgan fingerprint density at radius 3 is 2.50 bits per heavy atom. The number of alkyl halides is 3. The number of nitrogens with one attached hydrogen (secondary N) is 1. The maximum absolute atomic E-state index is 12.3. The van der Waals surface area contributed by atoms with E-state index in [9.17, 15) is 13.2 Å². The molecule has 0 spiro atoms. The van der Waals surface area contributed by atoms with Crippen molar-refractivity contribution in [1.29, 1.82) is 0 Å². The van der Waals surface area contributed by atoms with E-state index in [-0.39, 0.29) is 0 Å². The van der Waals surface area contributed by atoms with E-state index in [1.54, 1.807) is 6.20 Å². The highest BCUT2D eigenvalue weighted by Gasteiger charge is 2.29. The molecule has 1 aliphatic heterocycles. The molecule has 0 atom stereocenters. The van der Waals surface area contributed by atoms with Crippen molar-refractivity contribution < 1.29 is 13.2 Å². The van der Waals surface area contributed by atoms with Crippen LogP contribution >= 0.6 is 11.8 Å². The van der Waals surface area contributed by atoms with Gasteiger partial charge < -0.3 is 5.32 Å². The van der Waals surface area contributed by atoms with Gasteiger partial charge in [-0.05, 0) is 17.7 Å². The predicted octanol–water partition coefficient (Wildman–Crippen LogP) is 3.75. The molecule has 0 saturated heterocycles. The van der Waals surface area contributed by atoms with Crippen molar-refractivity contribution in [3.63, 3.8) is 0 Å². The number of hydrogen-bond acceptors (Lipinski definition) is 4. The van der Waals surface area contributed by atoms with Gasteiger partial charge in [-0.15, -0.1) is 5.11 Å². The average molecular weight is 273 g/mol. The van der Waals surface area contributed by atoms with E-state index >= 15 is 0 Å². The van der Waals surface area contributed by atoms with Gasteiger partial charge in [0.25, 0.3) is 0 Å². The summed E-state index contributed by atoms with van der Waals surface area (Å²) in [6.45, 7) is 0.463. The maximum atomic E-state index is 12.3. The maximum Gasteiger partial charge on any atom is 0.416 e. The zero-order chi connectivity index (χ0) is 13.0. The zero-order valence-corrected chi connectivity index (χ0v) is 10.1. The van der Waals surface area contributed by atoms with E-state index in [4.69, 9.17) is 0 Å². The molecule has 1 heterocycles. The lowest BCUT2D eigenvalue weighted by molar-refractivity contribution is -0.137. The van der Waals surface area contributed by atoms with E-state index in [0.29, 0.717) is 12.4 Å². The Morgan fingerprint density at radius 1 is 1.22 bits per heavy atom. The van der Waals surface area contributed by atoms with Crippen LogP contribution in [-0.2, 0) is 11.9 Å². The van der Waals surface area contributed by atoms with Gasteiger partial charge in [-0.25, -0.2) is 0 Å². The van der Waals surface area contributed by atoms with Crippen molar-refractivity contribution >= 4 is 11.8 Å². The molecule has 0 aliphatic carbocycles. The Morgan fingerprint density at radius 2 is 1.94 bits per heavy atom. The first kappa shape index (κ1) is 12.9. The molecule has 18 heavy (non-hydrogen) atoms. The quantitative estimate of drug-likeness (QED) is 0.910. The lowest BCUT2D eigenvalue weighted by atomic mass is 10.1. The highest BCUT2D eigenvalue weighted by molar-refractivity contribution is 8.02. The lowest BCUT2D eigenvalue weighted by Crippen LogP contribution is -2.07. The number of nitrogens with zero attached hydrogens (tertiary/aromatic N) is 2. The molecule has 0 aromatic heterocycles. The van der Waals surface area contributed by atoms with Crippen LogP contribution in [0.5, 0.6) is 0 Å². The summed E-state index contributed by atoms with van der Waals surface area (Å²) in [6.07, 6.45) is -2.54. The Hall–Kier alpha value is -1.50. The monoisotopic (exact) mass is 273 g/mol. The van der Waals surface area contributed by atoms with Crippen LogP contribution in [0.3, 0.4) is 0 Å². The number of thioether (sulfide) groups is 1. The molecule has 7 heteroatoms. The van der Waals surface area contributed by atoms with E-state index in [2.05, 4.69) is 15.5 Å². The van der Waals surface area contributed by atoms with E-state index in [1.165, 1.54) is 23.9 Å². The summed E-state index contributed by atoms with van der Waals surface area (Å²) >= 11 is 1.42. The highest BCUT2D eigenvalue weighted by Crippen LogP contribution is 2.30. The van der Waals surface area contributed by atoms with Gasteiger partial charge in [0.2, 0.25) is 0 Å². The molecule has 1 aromatic rings. The van der Waals surface area contributed by atoms with Crippen LogP contribution in [0.2, 0.25) is 0 Å². The van der Waals surface area contributed by atoms with Gasteiger partial charge >= 0.3 is 6.18 Å². The first-order valence-electron chi connectivity index (χ1n) is 5.16. The fourth-order valence-corrected chi connectivity index (χ4v) is 2.11. The highest BCUT2D eigenvalue weighted by atomic mass is 32.2. The van der Waals surface area contributed by atoms with Crippen molar-refractivity contribution in [3.05, 3.63) is 46.6 Å². The van der Waals surface area contributed by atoms with Crippen LogP contribution in [0, 0.1) is 0 Å². The Bertz CT molecular complexity index is 465. The van der Waals surface area contributed by atoms with Crippen LogP contribution < -0.4 is 5.32 Å². The van der Waals surface area contributed by atoms with Crippen molar-refractivity contribution in [2.24, 2.45) is 10.2 Å². The minimum Gasteiger partial charge on any atom is -0.369 e. The van der Waals surface area contributed by atoms with Crippen molar-refractivity contribution in [2.45, 2.75) is 11.9 Å². The van der Waals surface area contributed by atoms with Crippen molar-refractivity contribution in [3.8, 4) is 0 Å². The standard InChI is InChI=1S/C11H10F3N3S/c12-11(13,14)9-3-1-8(2-4-9)6-18-10-5-15-7-16-17-10/h1-5,15H,6-7H2.